The summed E-state index contributed by atoms with van der Waals surface area (Å²) in [6.07, 6.45) is 11.9. The van der Waals surface area contributed by atoms with Crippen molar-refractivity contribution in [2.24, 2.45) is 0 Å². The van der Waals surface area contributed by atoms with Gasteiger partial charge in [-0.25, -0.2) is 0 Å². The van der Waals surface area contributed by atoms with Gasteiger partial charge in [0.25, 0.3) is 0 Å². The molecule has 2 aliphatic heterocycles. The molecule has 0 aliphatic carbocycles. The van der Waals surface area contributed by atoms with Gasteiger partial charge in [-0.2, -0.15) is 0 Å². The molecule has 0 N–H and O–H groups in total. The first-order valence-electron chi connectivity index (χ1n) is 16.5. The summed E-state index contributed by atoms with van der Waals surface area (Å²) < 4.78 is 0. The smallest absolute Gasteiger partial charge is 0.0110 e. The summed E-state index contributed by atoms with van der Waals surface area (Å²) in [5, 5.41) is 0. The number of unbranched alkanes of at least 4 members (excludes halogenated alkanes) is 4. The molecule has 2 aliphatic rings. The average molecular weight is 523 g/mol. The molecule has 0 aromatic rings. The Morgan fingerprint density at radius 3 is 0.595 bits per heavy atom. The van der Waals surface area contributed by atoms with E-state index in [1.54, 1.807) is 0 Å². The minimum absolute atomic E-state index is 1.25. The Bertz CT molecular complexity index is 434. The first-order valence-corrected chi connectivity index (χ1v) is 16.5. The topological polar surface area (TPSA) is 19.4 Å². The zero-order valence-electron chi connectivity index (χ0n) is 25.8. The van der Waals surface area contributed by atoms with E-state index >= 15 is 0 Å². The van der Waals surface area contributed by atoms with E-state index in [1.165, 1.54) is 176 Å². The van der Waals surface area contributed by atoms with E-state index in [4.69, 9.17) is 0 Å². The van der Waals surface area contributed by atoms with Gasteiger partial charge in [-0.05, 0) is 71.4 Å². The molecule has 37 heavy (non-hydrogen) atoms. The summed E-state index contributed by atoms with van der Waals surface area (Å²) in [4.78, 5) is 16.6. The highest BCUT2D eigenvalue weighted by Crippen LogP contribution is 2.07. The Hall–Kier alpha value is -0.240. The molecule has 0 amide bonds. The first-order chi connectivity index (χ1) is 18.2. The highest BCUT2D eigenvalue weighted by molar-refractivity contribution is 4.75. The van der Waals surface area contributed by atoms with Crippen molar-refractivity contribution < 1.29 is 0 Å². The Kier molecular flexibility index (Phi) is 19.2. The Labute approximate surface area is 232 Å². The van der Waals surface area contributed by atoms with Gasteiger partial charge in [0.1, 0.15) is 0 Å². The molecule has 0 spiro atoms. The van der Waals surface area contributed by atoms with Crippen LogP contribution in [-0.4, -0.2) is 147 Å². The Balaban J connectivity index is 1.87. The molecule has 0 aromatic heterocycles. The van der Waals surface area contributed by atoms with Gasteiger partial charge < -0.3 is 29.4 Å². The van der Waals surface area contributed by atoms with Crippen LogP contribution in [-0.2, 0) is 0 Å². The third kappa shape index (κ3) is 15.2. The van der Waals surface area contributed by atoms with Crippen LogP contribution < -0.4 is 0 Å². The average Bonchev–Trinajstić information content (AvgIpc) is 3.07. The Morgan fingerprint density at radius 2 is 0.432 bits per heavy atom. The summed E-state index contributed by atoms with van der Waals surface area (Å²) in [6, 6.07) is 0. The second-order valence-electron chi connectivity index (χ2n) is 11.8. The maximum Gasteiger partial charge on any atom is 0.0110 e. The molecule has 2 fully saturated rings. The summed E-state index contributed by atoms with van der Waals surface area (Å²) in [6.45, 7) is 32.0. The fourth-order valence-electron chi connectivity index (χ4n) is 5.75. The Morgan fingerprint density at radius 1 is 0.270 bits per heavy atom. The van der Waals surface area contributed by atoms with Gasteiger partial charge in [0, 0.05) is 78.5 Å². The van der Waals surface area contributed by atoms with Crippen LogP contribution in [0.15, 0.2) is 0 Å². The summed E-state index contributed by atoms with van der Waals surface area (Å²) in [7, 11) is 0. The summed E-state index contributed by atoms with van der Waals surface area (Å²) in [5.41, 5.74) is 0. The number of hydrogen-bond acceptors (Lipinski definition) is 6. The normalized spacial score (nSPS) is 21.7. The third-order valence-corrected chi connectivity index (χ3v) is 8.65. The molecule has 0 radical (unpaired) electrons. The van der Waals surface area contributed by atoms with Crippen molar-refractivity contribution in [3.8, 4) is 0 Å². The lowest BCUT2D eigenvalue weighted by Crippen LogP contribution is -2.40. The van der Waals surface area contributed by atoms with E-state index in [0.717, 1.165) is 0 Å². The lowest BCUT2D eigenvalue weighted by atomic mass is 10.3. The summed E-state index contributed by atoms with van der Waals surface area (Å²) in [5.74, 6) is 0. The molecule has 0 bridgehead atoms. The van der Waals surface area contributed by atoms with Crippen molar-refractivity contribution >= 4 is 0 Å². The number of hydrogen-bond donors (Lipinski definition) is 0. The molecular formula is C31H66N6. The lowest BCUT2D eigenvalue weighted by molar-refractivity contribution is 0.185. The lowest BCUT2D eigenvalue weighted by Gasteiger charge is -2.29. The molecular weight excluding hydrogens is 456 g/mol. The van der Waals surface area contributed by atoms with Crippen molar-refractivity contribution in [3.63, 3.8) is 0 Å². The molecule has 0 saturated carbocycles. The van der Waals surface area contributed by atoms with Gasteiger partial charge in [0.2, 0.25) is 0 Å². The minimum atomic E-state index is 1.25. The van der Waals surface area contributed by atoms with Crippen LogP contribution in [0.2, 0.25) is 0 Å². The summed E-state index contributed by atoms with van der Waals surface area (Å²) >= 11 is 0. The molecule has 2 saturated heterocycles. The van der Waals surface area contributed by atoms with E-state index in [2.05, 4.69) is 57.1 Å². The molecule has 0 aromatic carbocycles. The van der Waals surface area contributed by atoms with Gasteiger partial charge in [0.05, 0.1) is 0 Å². The van der Waals surface area contributed by atoms with Crippen molar-refractivity contribution in [2.45, 2.75) is 85.5 Å². The second-order valence-corrected chi connectivity index (χ2v) is 11.8. The monoisotopic (exact) mass is 523 g/mol. The van der Waals surface area contributed by atoms with Crippen molar-refractivity contribution in [1.29, 1.82) is 0 Å². The van der Waals surface area contributed by atoms with Crippen LogP contribution in [0.4, 0.5) is 0 Å². The van der Waals surface area contributed by atoms with Crippen LogP contribution in [0.5, 0.6) is 0 Å². The quantitative estimate of drug-likeness (QED) is 0.297. The van der Waals surface area contributed by atoms with Crippen molar-refractivity contribution in [2.75, 3.05) is 118 Å². The first kappa shape index (κ1) is 33.0. The molecule has 2 heterocycles. The highest BCUT2D eigenvalue weighted by atomic mass is 15.3. The predicted molar refractivity (Wildman–Crippen MR) is 163 cm³/mol. The van der Waals surface area contributed by atoms with E-state index in [0.29, 0.717) is 0 Å². The molecule has 6 nitrogen and oxygen atoms in total. The van der Waals surface area contributed by atoms with Crippen LogP contribution in [0, 0.1) is 0 Å². The van der Waals surface area contributed by atoms with Gasteiger partial charge in [0.15, 0.2) is 0 Å². The van der Waals surface area contributed by atoms with Gasteiger partial charge in [-0.1, -0.05) is 53.4 Å². The zero-order chi connectivity index (χ0) is 26.6. The van der Waals surface area contributed by atoms with E-state index in [9.17, 15) is 0 Å². The number of rotatable bonds is 16. The van der Waals surface area contributed by atoms with E-state index in [-0.39, 0.29) is 0 Å². The number of nitrogens with zero attached hydrogens (tertiary/aromatic N) is 6. The SMILES string of the molecule is CCCCN1CCN(CCCC)CCN(CCCN2CCN(CCCC)CCN(CCCC)CC2)CC1. The molecule has 0 unspecified atom stereocenters. The van der Waals surface area contributed by atoms with Crippen LogP contribution >= 0.6 is 0 Å². The standard InChI is InChI=1S/C31H66N6/c1-5-9-14-32-20-21-33(15-10-6-2)25-29-36(28-24-32)18-13-19-37-30-26-34(16-11-7-3)22-23-35(27-31-37)17-12-8-4/h5-31H2,1-4H3. The molecule has 0 atom stereocenters. The maximum atomic E-state index is 2.79. The molecule has 220 valence electrons. The van der Waals surface area contributed by atoms with E-state index in [1.807, 2.05) is 0 Å². The van der Waals surface area contributed by atoms with E-state index < -0.39 is 0 Å². The third-order valence-electron chi connectivity index (χ3n) is 8.65. The van der Waals surface area contributed by atoms with Crippen LogP contribution in [0.25, 0.3) is 0 Å². The van der Waals surface area contributed by atoms with Gasteiger partial charge >= 0.3 is 0 Å². The molecule has 2 rings (SSSR count). The zero-order valence-corrected chi connectivity index (χ0v) is 25.8. The largest absolute Gasteiger partial charge is 0.301 e. The predicted octanol–water partition coefficient (Wildman–Crippen LogP) is 4.42. The van der Waals surface area contributed by atoms with Crippen molar-refractivity contribution in [1.82, 2.24) is 29.4 Å². The molecule has 6 heteroatoms. The fourth-order valence-corrected chi connectivity index (χ4v) is 5.75. The van der Waals surface area contributed by atoms with Crippen LogP contribution in [0.1, 0.15) is 85.5 Å². The maximum absolute atomic E-state index is 2.79. The second kappa shape index (κ2) is 21.6. The van der Waals surface area contributed by atoms with Crippen LogP contribution in [0.3, 0.4) is 0 Å². The van der Waals surface area contributed by atoms with Gasteiger partial charge in [-0.15, -0.1) is 0 Å². The van der Waals surface area contributed by atoms with Crippen molar-refractivity contribution in [3.05, 3.63) is 0 Å². The minimum Gasteiger partial charge on any atom is -0.301 e. The fraction of sp³-hybridized carbons (Fsp3) is 1.00. The highest BCUT2D eigenvalue weighted by Gasteiger charge is 2.18. The van der Waals surface area contributed by atoms with Gasteiger partial charge in [-0.3, -0.25) is 0 Å².